The van der Waals surface area contributed by atoms with Crippen LogP contribution in [0, 0.1) is 11.7 Å². The number of hydrogen-bond acceptors (Lipinski definition) is 5. The highest BCUT2D eigenvalue weighted by atomic mass is 19.1. The predicted molar refractivity (Wildman–Crippen MR) is 147 cm³/mol. The molecular weight excluding hydrogens is 502 g/mol. The van der Waals surface area contributed by atoms with Crippen molar-refractivity contribution in [2.75, 3.05) is 6.61 Å². The largest absolute Gasteiger partial charge is 0.493 e. The topological polar surface area (TPSA) is 61.8 Å². The SMILES string of the molecule is CCCCCOc1ccc(C(=O)Oc2ccc(CC[C@H]3CC[C@H](OC(=O)[C@@H](F)CCCC)CC3)cc2)c(F)c1. The number of alkyl halides is 1. The van der Waals surface area contributed by atoms with E-state index in [4.69, 9.17) is 14.2 Å². The number of esters is 2. The Labute approximate surface area is 231 Å². The minimum atomic E-state index is -1.51. The summed E-state index contributed by atoms with van der Waals surface area (Å²) in [6, 6.07) is 11.5. The van der Waals surface area contributed by atoms with Crippen LogP contribution in [0.5, 0.6) is 11.5 Å². The zero-order chi connectivity index (χ0) is 28.0. The van der Waals surface area contributed by atoms with E-state index in [2.05, 4.69) is 6.92 Å². The van der Waals surface area contributed by atoms with Crippen LogP contribution in [0.4, 0.5) is 8.78 Å². The van der Waals surface area contributed by atoms with E-state index >= 15 is 0 Å². The van der Waals surface area contributed by atoms with Gasteiger partial charge in [-0.2, -0.15) is 0 Å². The van der Waals surface area contributed by atoms with Crippen molar-refractivity contribution in [1.29, 1.82) is 0 Å². The minimum Gasteiger partial charge on any atom is -0.493 e. The number of halogens is 2. The smallest absolute Gasteiger partial charge is 0.346 e. The van der Waals surface area contributed by atoms with Gasteiger partial charge in [0.2, 0.25) is 0 Å². The summed E-state index contributed by atoms with van der Waals surface area (Å²) in [7, 11) is 0. The average molecular weight is 545 g/mol. The van der Waals surface area contributed by atoms with Crippen molar-refractivity contribution in [3.8, 4) is 11.5 Å². The molecule has 0 radical (unpaired) electrons. The molecular formula is C32H42F2O5. The number of hydrogen-bond donors (Lipinski definition) is 0. The highest BCUT2D eigenvalue weighted by Crippen LogP contribution is 2.30. The lowest BCUT2D eigenvalue weighted by molar-refractivity contribution is -0.157. The summed E-state index contributed by atoms with van der Waals surface area (Å²) in [5.41, 5.74) is 0.986. The summed E-state index contributed by atoms with van der Waals surface area (Å²) >= 11 is 0. The monoisotopic (exact) mass is 544 g/mol. The van der Waals surface area contributed by atoms with Gasteiger partial charge < -0.3 is 14.2 Å². The van der Waals surface area contributed by atoms with Crippen molar-refractivity contribution in [2.45, 2.75) is 103 Å². The number of unbranched alkanes of at least 4 members (excludes halogenated alkanes) is 3. The summed E-state index contributed by atoms with van der Waals surface area (Å²) in [6.45, 7) is 4.58. The van der Waals surface area contributed by atoms with Gasteiger partial charge in [-0.05, 0) is 87.1 Å². The van der Waals surface area contributed by atoms with Crippen LogP contribution in [-0.2, 0) is 16.0 Å². The van der Waals surface area contributed by atoms with Crippen molar-refractivity contribution in [2.24, 2.45) is 5.92 Å². The van der Waals surface area contributed by atoms with Crippen molar-refractivity contribution in [3.63, 3.8) is 0 Å². The van der Waals surface area contributed by atoms with Gasteiger partial charge in [0.05, 0.1) is 12.2 Å². The summed E-state index contributed by atoms with van der Waals surface area (Å²) < 4.78 is 44.6. The molecule has 0 aromatic heterocycles. The van der Waals surface area contributed by atoms with Gasteiger partial charge in [0, 0.05) is 6.07 Å². The lowest BCUT2D eigenvalue weighted by atomic mass is 9.83. The third-order valence-corrected chi connectivity index (χ3v) is 7.30. The molecule has 0 saturated heterocycles. The van der Waals surface area contributed by atoms with E-state index in [0.717, 1.165) is 69.8 Å². The Hall–Kier alpha value is -2.96. The molecule has 1 fully saturated rings. The molecule has 39 heavy (non-hydrogen) atoms. The molecule has 0 N–H and O–H groups in total. The lowest BCUT2D eigenvalue weighted by Gasteiger charge is -2.28. The van der Waals surface area contributed by atoms with Gasteiger partial charge >= 0.3 is 11.9 Å². The van der Waals surface area contributed by atoms with E-state index in [0.29, 0.717) is 30.4 Å². The van der Waals surface area contributed by atoms with Gasteiger partial charge in [-0.25, -0.2) is 18.4 Å². The van der Waals surface area contributed by atoms with Crippen molar-refractivity contribution >= 4 is 11.9 Å². The second kappa shape index (κ2) is 16.2. The standard InChI is InChI=1S/C32H42F2O5/c1-3-5-7-21-37-27-19-20-28(30(34)22-27)31(35)38-25-15-11-23(12-16-25)9-10-24-13-17-26(18-14-24)39-32(36)29(33)8-6-4-2/h11-12,15-16,19-20,22,24,26,29H,3-10,13-14,17-18,21H2,1-2H3/t24-,26-,29-/m0/s1. The van der Waals surface area contributed by atoms with Gasteiger partial charge in [-0.15, -0.1) is 0 Å². The van der Waals surface area contributed by atoms with E-state index in [-0.39, 0.29) is 18.1 Å². The molecule has 1 atom stereocenters. The van der Waals surface area contributed by atoms with Crippen LogP contribution in [0.15, 0.2) is 42.5 Å². The Morgan fingerprint density at radius 2 is 1.62 bits per heavy atom. The van der Waals surface area contributed by atoms with Crippen LogP contribution >= 0.6 is 0 Å². The molecule has 1 saturated carbocycles. The Balaban J connectivity index is 1.39. The first-order chi connectivity index (χ1) is 18.9. The fraction of sp³-hybridized carbons (Fsp3) is 0.562. The van der Waals surface area contributed by atoms with E-state index < -0.39 is 23.9 Å². The Morgan fingerprint density at radius 3 is 2.28 bits per heavy atom. The van der Waals surface area contributed by atoms with Crippen LogP contribution in [0.3, 0.4) is 0 Å². The summed E-state index contributed by atoms with van der Waals surface area (Å²) in [4.78, 5) is 24.4. The van der Waals surface area contributed by atoms with Crippen LogP contribution in [-0.4, -0.2) is 30.8 Å². The summed E-state index contributed by atoms with van der Waals surface area (Å²) in [5.74, 6) is -0.848. The molecule has 0 amide bonds. The Kier molecular flexibility index (Phi) is 12.7. The molecule has 0 unspecified atom stereocenters. The molecule has 3 rings (SSSR count). The number of rotatable bonds is 15. The lowest BCUT2D eigenvalue weighted by Crippen LogP contribution is -2.29. The van der Waals surface area contributed by atoms with Crippen molar-refractivity contribution in [3.05, 3.63) is 59.4 Å². The maximum atomic E-state index is 14.5. The first-order valence-corrected chi connectivity index (χ1v) is 14.5. The fourth-order valence-corrected chi connectivity index (χ4v) is 4.83. The maximum Gasteiger partial charge on any atom is 0.346 e. The molecule has 0 spiro atoms. The zero-order valence-corrected chi connectivity index (χ0v) is 23.3. The number of ether oxygens (including phenoxy) is 3. The van der Waals surface area contributed by atoms with Crippen LogP contribution in [0.1, 0.15) is 100 Å². The number of benzene rings is 2. The normalized spacial score (nSPS) is 17.8. The Bertz CT molecular complexity index is 1030. The van der Waals surface area contributed by atoms with E-state index in [1.807, 2.05) is 19.1 Å². The second-order valence-electron chi connectivity index (χ2n) is 10.5. The third-order valence-electron chi connectivity index (χ3n) is 7.30. The zero-order valence-electron chi connectivity index (χ0n) is 23.3. The molecule has 0 bridgehead atoms. The maximum absolute atomic E-state index is 14.5. The fourth-order valence-electron chi connectivity index (χ4n) is 4.83. The van der Waals surface area contributed by atoms with Crippen molar-refractivity contribution < 1.29 is 32.6 Å². The summed E-state index contributed by atoms with van der Waals surface area (Å²) in [6.07, 6.45) is 8.45. The molecule has 5 nitrogen and oxygen atoms in total. The molecule has 0 aliphatic heterocycles. The highest BCUT2D eigenvalue weighted by Gasteiger charge is 2.27. The van der Waals surface area contributed by atoms with Gasteiger partial charge in [0.15, 0.2) is 6.17 Å². The van der Waals surface area contributed by atoms with E-state index in [9.17, 15) is 18.4 Å². The molecule has 0 heterocycles. The summed E-state index contributed by atoms with van der Waals surface area (Å²) in [5, 5.41) is 0. The molecule has 1 aliphatic rings. The predicted octanol–water partition coefficient (Wildman–Crippen LogP) is 8.18. The minimum absolute atomic E-state index is 0.135. The van der Waals surface area contributed by atoms with E-state index in [1.165, 1.54) is 12.1 Å². The molecule has 214 valence electrons. The molecule has 1 aliphatic carbocycles. The van der Waals surface area contributed by atoms with Crippen LogP contribution in [0.25, 0.3) is 0 Å². The highest BCUT2D eigenvalue weighted by molar-refractivity contribution is 5.91. The molecule has 2 aromatic rings. The molecule has 7 heteroatoms. The van der Waals surface area contributed by atoms with Crippen molar-refractivity contribution in [1.82, 2.24) is 0 Å². The second-order valence-corrected chi connectivity index (χ2v) is 10.5. The van der Waals surface area contributed by atoms with Crippen LogP contribution in [0.2, 0.25) is 0 Å². The first-order valence-electron chi connectivity index (χ1n) is 14.5. The van der Waals surface area contributed by atoms with Gasteiger partial charge in [0.1, 0.15) is 23.4 Å². The first kappa shape index (κ1) is 30.6. The number of carbonyl (C=O) groups is 2. The number of aryl methyl sites for hydroxylation is 1. The van der Waals surface area contributed by atoms with E-state index in [1.54, 1.807) is 18.2 Å². The third kappa shape index (κ3) is 10.3. The quantitative estimate of drug-likeness (QED) is 0.129. The average Bonchev–Trinajstić information content (AvgIpc) is 2.94. The van der Waals surface area contributed by atoms with Gasteiger partial charge in [0.25, 0.3) is 0 Å². The molecule has 2 aromatic carbocycles. The van der Waals surface area contributed by atoms with Gasteiger partial charge in [-0.1, -0.05) is 51.7 Å². The van der Waals surface area contributed by atoms with Crippen LogP contribution < -0.4 is 9.47 Å². The number of carbonyl (C=O) groups excluding carboxylic acids is 2. The van der Waals surface area contributed by atoms with Gasteiger partial charge in [-0.3, -0.25) is 0 Å². The Morgan fingerprint density at radius 1 is 0.923 bits per heavy atom.